The highest BCUT2D eigenvalue weighted by atomic mass is 35.5. The normalized spacial score (nSPS) is 11.0. The molecule has 0 amide bonds. The highest BCUT2D eigenvalue weighted by Gasteiger charge is 2.13. The van der Waals surface area contributed by atoms with Crippen LogP contribution in [0.2, 0.25) is 5.02 Å². The topological polar surface area (TPSA) is 55.1 Å². The van der Waals surface area contributed by atoms with Gasteiger partial charge in [0.25, 0.3) is 0 Å². The summed E-state index contributed by atoms with van der Waals surface area (Å²) in [5.74, 6) is 0. The molecule has 1 aromatic carbocycles. The lowest BCUT2D eigenvalue weighted by molar-refractivity contribution is 0.967. The van der Waals surface area contributed by atoms with Crippen molar-refractivity contribution in [3.8, 4) is 11.3 Å². The van der Waals surface area contributed by atoms with E-state index in [4.69, 9.17) is 11.6 Å². The van der Waals surface area contributed by atoms with Crippen molar-refractivity contribution in [2.45, 2.75) is 6.54 Å². The Labute approximate surface area is 141 Å². The van der Waals surface area contributed by atoms with Crippen molar-refractivity contribution in [3.63, 3.8) is 0 Å². The van der Waals surface area contributed by atoms with E-state index in [1.165, 1.54) is 11.3 Å². The molecule has 0 aliphatic heterocycles. The fourth-order valence-electron chi connectivity index (χ4n) is 2.30. The molecule has 0 bridgehead atoms. The number of nitrogens with one attached hydrogen (secondary N) is 1. The first-order valence-corrected chi connectivity index (χ1v) is 8.23. The van der Waals surface area contributed by atoms with E-state index in [1.807, 2.05) is 40.9 Å². The number of aromatic nitrogens is 4. The van der Waals surface area contributed by atoms with Crippen LogP contribution in [0, 0.1) is 0 Å². The van der Waals surface area contributed by atoms with Gasteiger partial charge in [0.1, 0.15) is 0 Å². The summed E-state index contributed by atoms with van der Waals surface area (Å²) < 4.78 is 1.82. The smallest absolute Gasteiger partial charge is 0.214 e. The summed E-state index contributed by atoms with van der Waals surface area (Å²) in [6.45, 7) is 0.695. The standard InChI is InChI=1S/C16H12ClN5S/c17-13-4-2-1-3-12(13)14-10-20-16-22(14)21-15(23-16)19-9-11-5-7-18-8-6-11/h1-8,10H,9H2,(H,19,21). The van der Waals surface area contributed by atoms with E-state index in [-0.39, 0.29) is 0 Å². The van der Waals surface area contributed by atoms with Crippen molar-refractivity contribution in [1.29, 1.82) is 0 Å². The molecule has 4 aromatic rings. The number of anilines is 1. The van der Waals surface area contributed by atoms with Gasteiger partial charge in [0, 0.05) is 24.5 Å². The van der Waals surface area contributed by atoms with Crippen LogP contribution < -0.4 is 5.32 Å². The minimum atomic E-state index is 0.689. The molecule has 3 heterocycles. The maximum Gasteiger partial charge on any atom is 0.214 e. The minimum Gasteiger partial charge on any atom is -0.356 e. The first kappa shape index (κ1) is 14.2. The Hall–Kier alpha value is -2.44. The van der Waals surface area contributed by atoms with Crippen LogP contribution in [0.3, 0.4) is 0 Å². The van der Waals surface area contributed by atoms with E-state index >= 15 is 0 Å². The number of hydrogen-bond acceptors (Lipinski definition) is 5. The third-order valence-corrected chi connectivity index (χ3v) is 4.64. The molecule has 0 aliphatic rings. The predicted octanol–water partition coefficient (Wildman–Crippen LogP) is 4.12. The Morgan fingerprint density at radius 3 is 2.78 bits per heavy atom. The summed E-state index contributed by atoms with van der Waals surface area (Å²) in [6, 6.07) is 11.6. The molecule has 7 heteroatoms. The van der Waals surface area contributed by atoms with E-state index in [2.05, 4.69) is 20.4 Å². The number of fused-ring (bicyclic) bond motifs is 1. The number of benzene rings is 1. The highest BCUT2D eigenvalue weighted by molar-refractivity contribution is 7.20. The van der Waals surface area contributed by atoms with Gasteiger partial charge in [0.05, 0.1) is 16.9 Å². The SMILES string of the molecule is Clc1ccccc1-c1cnc2sc(NCc3ccncc3)nn12. The van der Waals surface area contributed by atoms with Crippen molar-refractivity contribution >= 4 is 33.0 Å². The van der Waals surface area contributed by atoms with Gasteiger partial charge in [0.15, 0.2) is 0 Å². The van der Waals surface area contributed by atoms with Gasteiger partial charge in [-0.2, -0.15) is 0 Å². The Morgan fingerprint density at radius 1 is 1.13 bits per heavy atom. The van der Waals surface area contributed by atoms with Crippen LogP contribution in [0.15, 0.2) is 55.0 Å². The molecule has 23 heavy (non-hydrogen) atoms. The molecule has 0 unspecified atom stereocenters. The lowest BCUT2D eigenvalue weighted by Crippen LogP contribution is -2.00. The molecule has 3 aromatic heterocycles. The zero-order chi connectivity index (χ0) is 15.6. The Kier molecular flexibility index (Phi) is 3.69. The van der Waals surface area contributed by atoms with Gasteiger partial charge < -0.3 is 5.32 Å². The molecule has 0 atom stereocenters. The van der Waals surface area contributed by atoms with Crippen LogP contribution in [0.25, 0.3) is 16.2 Å². The number of imidazole rings is 1. The molecule has 0 radical (unpaired) electrons. The molecule has 1 N–H and O–H groups in total. The Bertz CT molecular complexity index is 947. The number of rotatable bonds is 4. The molecule has 0 aliphatic carbocycles. The van der Waals surface area contributed by atoms with Gasteiger partial charge in [0.2, 0.25) is 10.1 Å². The quantitative estimate of drug-likeness (QED) is 0.606. The van der Waals surface area contributed by atoms with Crippen molar-refractivity contribution in [2.75, 3.05) is 5.32 Å². The van der Waals surface area contributed by atoms with Gasteiger partial charge in [-0.05, 0) is 23.8 Å². The average Bonchev–Trinajstić information content (AvgIpc) is 3.15. The Balaban J connectivity index is 1.63. The summed E-state index contributed by atoms with van der Waals surface area (Å²) in [6.07, 6.45) is 5.36. The van der Waals surface area contributed by atoms with Gasteiger partial charge in [-0.1, -0.05) is 41.1 Å². The average molecular weight is 342 g/mol. The summed E-state index contributed by atoms with van der Waals surface area (Å²) in [5.41, 5.74) is 2.96. The summed E-state index contributed by atoms with van der Waals surface area (Å²) in [5, 5.41) is 9.41. The number of pyridine rings is 1. The molecule has 0 saturated carbocycles. The molecule has 0 saturated heterocycles. The largest absolute Gasteiger partial charge is 0.356 e. The van der Waals surface area contributed by atoms with Crippen LogP contribution in [0.5, 0.6) is 0 Å². The Morgan fingerprint density at radius 2 is 1.96 bits per heavy atom. The number of nitrogens with zero attached hydrogens (tertiary/aromatic N) is 4. The van der Waals surface area contributed by atoms with E-state index in [9.17, 15) is 0 Å². The monoisotopic (exact) mass is 341 g/mol. The van der Waals surface area contributed by atoms with Gasteiger partial charge >= 0.3 is 0 Å². The second-order valence-corrected chi connectivity index (χ2v) is 6.30. The first-order chi connectivity index (χ1) is 11.3. The molecule has 4 rings (SSSR count). The highest BCUT2D eigenvalue weighted by Crippen LogP contribution is 2.30. The van der Waals surface area contributed by atoms with Crippen molar-refractivity contribution in [3.05, 3.63) is 65.6 Å². The van der Waals surface area contributed by atoms with Gasteiger partial charge in [-0.3, -0.25) is 4.98 Å². The maximum absolute atomic E-state index is 6.28. The lowest BCUT2D eigenvalue weighted by atomic mass is 10.2. The fraction of sp³-hybridized carbons (Fsp3) is 0.0625. The van der Waals surface area contributed by atoms with Crippen LogP contribution in [-0.4, -0.2) is 19.6 Å². The van der Waals surface area contributed by atoms with E-state index in [0.717, 1.165) is 26.9 Å². The van der Waals surface area contributed by atoms with Gasteiger partial charge in [-0.15, -0.1) is 5.10 Å². The summed E-state index contributed by atoms with van der Waals surface area (Å²) in [7, 11) is 0. The van der Waals surface area contributed by atoms with Crippen molar-refractivity contribution in [1.82, 2.24) is 19.6 Å². The molecule has 0 spiro atoms. The zero-order valence-electron chi connectivity index (χ0n) is 12.0. The van der Waals surface area contributed by atoms with Crippen LogP contribution >= 0.6 is 22.9 Å². The molecule has 5 nitrogen and oxygen atoms in total. The van der Waals surface area contributed by atoms with E-state index in [1.54, 1.807) is 18.6 Å². The van der Waals surface area contributed by atoms with Gasteiger partial charge in [-0.25, -0.2) is 9.50 Å². The minimum absolute atomic E-state index is 0.689. The third-order valence-electron chi connectivity index (χ3n) is 3.43. The fourth-order valence-corrected chi connectivity index (χ4v) is 3.30. The number of hydrogen-bond donors (Lipinski definition) is 1. The second-order valence-electron chi connectivity index (χ2n) is 4.93. The first-order valence-electron chi connectivity index (χ1n) is 7.03. The molecule has 0 fully saturated rings. The molecular weight excluding hydrogens is 330 g/mol. The van der Waals surface area contributed by atoms with Crippen molar-refractivity contribution in [2.24, 2.45) is 0 Å². The maximum atomic E-state index is 6.28. The summed E-state index contributed by atoms with van der Waals surface area (Å²) >= 11 is 7.79. The van der Waals surface area contributed by atoms with E-state index in [0.29, 0.717) is 11.6 Å². The molecule has 114 valence electrons. The second kappa shape index (κ2) is 5.98. The molecular formula is C16H12ClN5S. The summed E-state index contributed by atoms with van der Waals surface area (Å²) in [4.78, 5) is 9.27. The van der Waals surface area contributed by atoms with Crippen LogP contribution in [0.1, 0.15) is 5.56 Å². The third kappa shape index (κ3) is 2.78. The van der Waals surface area contributed by atoms with Crippen molar-refractivity contribution < 1.29 is 0 Å². The van der Waals surface area contributed by atoms with Crippen LogP contribution in [-0.2, 0) is 6.54 Å². The zero-order valence-corrected chi connectivity index (χ0v) is 13.6. The number of halogens is 1. The van der Waals surface area contributed by atoms with Crippen LogP contribution in [0.4, 0.5) is 5.13 Å². The van der Waals surface area contributed by atoms with E-state index < -0.39 is 0 Å². The predicted molar refractivity (Wildman–Crippen MR) is 92.9 cm³/mol. The lowest BCUT2D eigenvalue weighted by Gasteiger charge is -2.02.